The Balaban J connectivity index is 0.00000220. The van der Waals surface area contributed by atoms with Crippen LogP contribution in [0.2, 0.25) is 0 Å². The maximum Gasteiger partial charge on any atom is 0.305 e. The standard InChI is InChI=1S/C13H16N2O5.ClH/c14-9(6-12(16)17)13(18)15-4-3-8-1-2-10-11(5-8)20-7-19-10;/h1-2,5,9H,3-4,6-7,14H2,(H,15,18)(H,16,17);1H. The van der Waals surface area contributed by atoms with Crippen LogP contribution in [0.4, 0.5) is 0 Å². The molecule has 0 radical (unpaired) electrons. The summed E-state index contributed by atoms with van der Waals surface area (Å²) in [6.07, 6.45) is 0.220. The van der Waals surface area contributed by atoms with Gasteiger partial charge in [0.15, 0.2) is 11.5 Å². The highest BCUT2D eigenvalue weighted by molar-refractivity contribution is 5.86. The van der Waals surface area contributed by atoms with Crippen LogP contribution in [0.25, 0.3) is 0 Å². The molecule has 0 saturated heterocycles. The minimum absolute atomic E-state index is 0. The van der Waals surface area contributed by atoms with E-state index >= 15 is 0 Å². The molecular formula is C13H17ClN2O5. The third-order valence-corrected chi connectivity index (χ3v) is 2.88. The summed E-state index contributed by atoms with van der Waals surface area (Å²) < 4.78 is 10.5. The van der Waals surface area contributed by atoms with Crippen LogP contribution in [0, 0.1) is 0 Å². The molecule has 0 spiro atoms. The maximum absolute atomic E-state index is 11.5. The molecule has 0 bridgehead atoms. The molecule has 116 valence electrons. The first-order valence-electron chi connectivity index (χ1n) is 6.20. The summed E-state index contributed by atoms with van der Waals surface area (Å²) in [4.78, 5) is 21.9. The molecule has 1 amide bonds. The van der Waals surface area contributed by atoms with Crippen molar-refractivity contribution in [2.45, 2.75) is 18.9 Å². The van der Waals surface area contributed by atoms with Gasteiger partial charge in [-0.25, -0.2) is 0 Å². The summed E-state index contributed by atoms with van der Waals surface area (Å²) in [5, 5.41) is 11.1. The van der Waals surface area contributed by atoms with Crippen LogP contribution in [-0.2, 0) is 16.0 Å². The first-order valence-corrected chi connectivity index (χ1v) is 6.20. The molecule has 8 heteroatoms. The Morgan fingerprint density at radius 3 is 2.76 bits per heavy atom. The van der Waals surface area contributed by atoms with Crippen molar-refractivity contribution in [3.05, 3.63) is 23.8 Å². The summed E-state index contributed by atoms with van der Waals surface area (Å²) in [7, 11) is 0. The number of carboxylic acids is 1. The van der Waals surface area contributed by atoms with Crippen molar-refractivity contribution < 1.29 is 24.2 Å². The number of fused-ring (bicyclic) bond motifs is 1. The molecule has 1 aromatic carbocycles. The second-order valence-corrected chi connectivity index (χ2v) is 4.43. The van der Waals surface area contributed by atoms with Gasteiger partial charge in [-0.05, 0) is 24.1 Å². The lowest BCUT2D eigenvalue weighted by Crippen LogP contribution is -2.42. The second-order valence-electron chi connectivity index (χ2n) is 4.43. The van der Waals surface area contributed by atoms with Crippen LogP contribution in [0.15, 0.2) is 18.2 Å². The third-order valence-electron chi connectivity index (χ3n) is 2.88. The lowest BCUT2D eigenvalue weighted by molar-refractivity contribution is -0.139. The molecule has 1 atom stereocenters. The van der Waals surface area contributed by atoms with Crippen molar-refractivity contribution in [3.63, 3.8) is 0 Å². The molecule has 0 fully saturated rings. The van der Waals surface area contributed by atoms with Gasteiger partial charge in [-0.1, -0.05) is 6.07 Å². The Morgan fingerprint density at radius 1 is 1.33 bits per heavy atom. The molecule has 1 heterocycles. The number of carbonyl (C=O) groups is 2. The summed E-state index contributed by atoms with van der Waals surface area (Å²) in [5.74, 6) is -0.158. The Morgan fingerprint density at radius 2 is 2.05 bits per heavy atom. The maximum atomic E-state index is 11.5. The monoisotopic (exact) mass is 316 g/mol. The van der Waals surface area contributed by atoms with Gasteiger partial charge in [-0.15, -0.1) is 12.4 Å². The average molecular weight is 317 g/mol. The minimum atomic E-state index is -1.09. The van der Waals surface area contributed by atoms with Gasteiger partial charge in [-0.3, -0.25) is 9.59 Å². The summed E-state index contributed by atoms with van der Waals surface area (Å²) in [5.41, 5.74) is 6.43. The van der Waals surface area contributed by atoms with Crippen LogP contribution in [0.1, 0.15) is 12.0 Å². The predicted molar refractivity (Wildman–Crippen MR) is 76.8 cm³/mol. The second kappa shape index (κ2) is 7.70. The van der Waals surface area contributed by atoms with E-state index in [1.54, 1.807) is 0 Å². The highest BCUT2D eigenvalue weighted by Crippen LogP contribution is 2.32. The fourth-order valence-electron chi connectivity index (χ4n) is 1.84. The van der Waals surface area contributed by atoms with Crippen molar-refractivity contribution in [1.29, 1.82) is 0 Å². The van der Waals surface area contributed by atoms with Gasteiger partial charge in [0.25, 0.3) is 0 Å². The number of nitrogens with one attached hydrogen (secondary N) is 1. The normalized spacial score (nSPS) is 13.2. The lowest BCUT2D eigenvalue weighted by Gasteiger charge is -2.10. The van der Waals surface area contributed by atoms with Gasteiger partial charge in [0.05, 0.1) is 12.5 Å². The van der Waals surface area contributed by atoms with Crippen molar-refractivity contribution in [2.24, 2.45) is 5.73 Å². The Hall–Kier alpha value is -1.99. The number of hydrogen-bond acceptors (Lipinski definition) is 5. The SMILES string of the molecule is Cl.NC(CC(=O)O)C(=O)NCCc1ccc2c(c1)OCO2. The Kier molecular flexibility index (Phi) is 6.26. The van der Waals surface area contributed by atoms with Gasteiger partial charge in [-0.2, -0.15) is 0 Å². The summed E-state index contributed by atoms with van der Waals surface area (Å²) in [6, 6.07) is 4.53. The quantitative estimate of drug-likeness (QED) is 0.696. The first-order chi connectivity index (χ1) is 9.56. The highest BCUT2D eigenvalue weighted by atomic mass is 35.5. The van der Waals surface area contributed by atoms with Crippen molar-refractivity contribution >= 4 is 24.3 Å². The zero-order valence-electron chi connectivity index (χ0n) is 11.2. The zero-order valence-corrected chi connectivity index (χ0v) is 12.0. The Labute approximate surface area is 127 Å². The van der Waals surface area contributed by atoms with E-state index in [-0.39, 0.29) is 25.6 Å². The molecule has 7 nitrogen and oxygen atoms in total. The number of rotatable bonds is 6. The van der Waals surface area contributed by atoms with Gasteiger partial charge >= 0.3 is 5.97 Å². The van der Waals surface area contributed by atoms with E-state index in [1.807, 2.05) is 18.2 Å². The third kappa shape index (κ3) is 4.80. The van der Waals surface area contributed by atoms with E-state index in [4.69, 9.17) is 20.3 Å². The van der Waals surface area contributed by atoms with Gasteiger partial charge in [0, 0.05) is 6.54 Å². The molecule has 1 unspecified atom stereocenters. The zero-order chi connectivity index (χ0) is 14.5. The molecule has 4 N–H and O–H groups in total. The van der Waals surface area contributed by atoms with Crippen LogP contribution >= 0.6 is 12.4 Å². The number of ether oxygens (including phenoxy) is 2. The topological polar surface area (TPSA) is 111 Å². The summed E-state index contributed by atoms with van der Waals surface area (Å²) in [6.45, 7) is 0.603. The van der Waals surface area contributed by atoms with E-state index in [1.165, 1.54) is 0 Å². The number of aliphatic carboxylic acids is 1. The molecular weight excluding hydrogens is 300 g/mol. The molecule has 21 heavy (non-hydrogen) atoms. The molecule has 0 aliphatic carbocycles. The Bertz CT molecular complexity index is 523. The van der Waals surface area contributed by atoms with Crippen molar-refractivity contribution in [1.82, 2.24) is 5.32 Å². The highest BCUT2D eigenvalue weighted by Gasteiger charge is 2.17. The smallest absolute Gasteiger partial charge is 0.305 e. The van der Waals surface area contributed by atoms with Crippen molar-refractivity contribution in [2.75, 3.05) is 13.3 Å². The van der Waals surface area contributed by atoms with E-state index < -0.39 is 17.9 Å². The number of hydrogen-bond donors (Lipinski definition) is 3. The van der Waals surface area contributed by atoms with E-state index in [0.29, 0.717) is 24.5 Å². The van der Waals surface area contributed by atoms with E-state index in [0.717, 1.165) is 5.56 Å². The van der Waals surface area contributed by atoms with Crippen LogP contribution in [-0.4, -0.2) is 36.4 Å². The van der Waals surface area contributed by atoms with Gasteiger partial charge in [0.2, 0.25) is 12.7 Å². The van der Waals surface area contributed by atoms with Crippen LogP contribution in [0.3, 0.4) is 0 Å². The minimum Gasteiger partial charge on any atom is -0.481 e. The van der Waals surface area contributed by atoms with E-state index in [2.05, 4.69) is 5.32 Å². The van der Waals surface area contributed by atoms with Gasteiger partial charge < -0.3 is 25.6 Å². The average Bonchev–Trinajstić information content (AvgIpc) is 2.85. The van der Waals surface area contributed by atoms with Gasteiger partial charge in [0.1, 0.15) is 0 Å². The molecule has 1 aromatic rings. The fourth-order valence-corrected chi connectivity index (χ4v) is 1.84. The lowest BCUT2D eigenvalue weighted by atomic mass is 10.1. The summed E-state index contributed by atoms with van der Waals surface area (Å²) >= 11 is 0. The fraction of sp³-hybridized carbons (Fsp3) is 0.385. The molecule has 0 saturated carbocycles. The van der Waals surface area contributed by atoms with Crippen LogP contribution < -0.4 is 20.5 Å². The molecule has 1 aliphatic rings. The first kappa shape index (κ1) is 17.1. The largest absolute Gasteiger partial charge is 0.481 e. The molecule has 1 aliphatic heterocycles. The number of benzene rings is 1. The molecule has 2 rings (SSSR count). The number of nitrogens with two attached hydrogens (primary N) is 1. The van der Waals surface area contributed by atoms with Crippen molar-refractivity contribution in [3.8, 4) is 11.5 Å². The number of carbonyl (C=O) groups excluding carboxylic acids is 1. The predicted octanol–water partition coefficient (Wildman–Crippen LogP) is 0.298. The number of halogens is 1. The number of amides is 1. The van der Waals surface area contributed by atoms with Crippen LogP contribution in [0.5, 0.6) is 11.5 Å². The van der Waals surface area contributed by atoms with E-state index in [9.17, 15) is 9.59 Å². The number of carboxylic acid groups (broad SMARTS) is 1. The molecule has 0 aromatic heterocycles.